The molecule has 1 N–H and O–H groups in total. The van der Waals surface area contributed by atoms with Crippen molar-refractivity contribution in [1.82, 2.24) is 14.7 Å². The first-order valence-electron chi connectivity index (χ1n) is 7.88. The maximum absolute atomic E-state index is 13.7. The Morgan fingerprint density at radius 2 is 2.12 bits per heavy atom. The molecule has 1 aliphatic heterocycles. The minimum atomic E-state index is -3.01. The number of amides is 2. The van der Waals surface area contributed by atoms with Gasteiger partial charge in [-0.05, 0) is 25.0 Å². The zero-order chi connectivity index (χ0) is 17.3. The molecule has 0 bridgehead atoms. The third kappa shape index (κ3) is 3.39. The van der Waals surface area contributed by atoms with Gasteiger partial charge in [-0.2, -0.15) is 5.10 Å². The molecule has 5 nitrogen and oxygen atoms in total. The van der Waals surface area contributed by atoms with Gasteiger partial charge in [0.1, 0.15) is 0 Å². The van der Waals surface area contributed by atoms with E-state index in [4.69, 9.17) is 0 Å². The van der Waals surface area contributed by atoms with Crippen molar-refractivity contribution in [3.05, 3.63) is 47.8 Å². The summed E-state index contributed by atoms with van der Waals surface area (Å²) in [6, 6.07) is 5.74. The molecule has 0 aliphatic carbocycles. The van der Waals surface area contributed by atoms with Crippen molar-refractivity contribution in [2.24, 2.45) is 0 Å². The van der Waals surface area contributed by atoms with Crippen LogP contribution in [0.25, 0.3) is 0 Å². The van der Waals surface area contributed by atoms with E-state index in [9.17, 15) is 13.6 Å². The van der Waals surface area contributed by atoms with Crippen molar-refractivity contribution < 1.29 is 13.6 Å². The number of aryl methyl sites for hydroxylation is 1. The molecule has 1 aromatic carbocycles. The van der Waals surface area contributed by atoms with Crippen molar-refractivity contribution in [3.8, 4) is 0 Å². The predicted molar refractivity (Wildman–Crippen MR) is 87.2 cm³/mol. The number of alkyl halides is 2. The molecule has 2 heterocycles. The van der Waals surface area contributed by atoms with Crippen LogP contribution in [0.3, 0.4) is 0 Å². The van der Waals surface area contributed by atoms with Gasteiger partial charge >= 0.3 is 6.03 Å². The second kappa shape index (κ2) is 6.22. The number of aromatic nitrogens is 2. The first-order chi connectivity index (χ1) is 11.3. The van der Waals surface area contributed by atoms with Crippen molar-refractivity contribution in [2.75, 3.05) is 18.4 Å². The van der Waals surface area contributed by atoms with Gasteiger partial charge in [0.2, 0.25) is 0 Å². The summed E-state index contributed by atoms with van der Waals surface area (Å²) in [4.78, 5) is 14.0. The lowest BCUT2D eigenvalue weighted by atomic mass is 10.1. The number of halogens is 2. The molecule has 1 saturated heterocycles. The molecule has 2 amide bonds. The Morgan fingerprint density at radius 1 is 1.38 bits per heavy atom. The number of para-hydroxylation sites is 1. The van der Waals surface area contributed by atoms with Crippen LogP contribution in [0.1, 0.15) is 30.5 Å². The Morgan fingerprint density at radius 3 is 2.79 bits per heavy atom. The topological polar surface area (TPSA) is 50.2 Å². The zero-order valence-electron chi connectivity index (χ0n) is 13.7. The van der Waals surface area contributed by atoms with Gasteiger partial charge in [0.05, 0.1) is 17.9 Å². The summed E-state index contributed by atoms with van der Waals surface area (Å²) in [6.07, 6.45) is 4.52. The van der Waals surface area contributed by atoms with Gasteiger partial charge in [-0.3, -0.25) is 4.68 Å². The number of hydrogen-bond acceptors (Lipinski definition) is 2. The smallest absolute Gasteiger partial charge is 0.321 e. The number of carbonyl (C=O) groups excluding carboxylic acids is 1. The third-order valence-corrected chi connectivity index (χ3v) is 4.20. The van der Waals surface area contributed by atoms with Crippen LogP contribution in [0.2, 0.25) is 0 Å². The van der Waals surface area contributed by atoms with E-state index in [0.29, 0.717) is 13.1 Å². The summed E-state index contributed by atoms with van der Waals surface area (Å²) in [5, 5.41) is 6.89. The largest absolute Gasteiger partial charge is 0.322 e. The highest BCUT2D eigenvalue weighted by Gasteiger charge is 2.31. The van der Waals surface area contributed by atoms with Gasteiger partial charge in [-0.15, -0.1) is 0 Å². The van der Waals surface area contributed by atoms with Crippen molar-refractivity contribution in [2.45, 2.75) is 32.2 Å². The zero-order valence-corrected chi connectivity index (χ0v) is 13.7. The van der Waals surface area contributed by atoms with Gasteiger partial charge in [0.25, 0.3) is 5.92 Å². The predicted octanol–water partition coefficient (Wildman–Crippen LogP) is 3.78. The highest BCUT2D eigenvalue weighted by Crippen LogP contribution is 2.33. The molecule has 0 radical (unpaired) electrons. The Balaban J connectivity index is 1.69. The minimum absolute atomic E-state index is 0.118. The maximum atomic E-state index is 13.7. The van der Waals surface area contributed by atoms with Gasteiger partial charge in [-0.1, -0.05) is 18.2 Å². The van der Waals surface area contributed by atoms with Crippen molar-refractivity contribution in [3.63, 3.8) is 0 Å². The summed E-state index contributed by atoms with van der Waals surface area (Å²) < 4.78 is 29.2. The average molecular weight is 334 g/mol. The molecule has 7 heteroatoms. The second-order valence-electron chi connectivity index (χ2n) is 6.25. The van der Waals surface area contributed by atoms with E-state index in [1.807, 2.05) is 17.8 Å². The molecule has 0 spiro atoms. The van der Waals surface area contributed by atoms with E-state index in [1.165, 1.54) is 18.2 Å². The van der Waals surface area contributed by atoms with Gasteiger partial charge in [0.15, 0.2) is 0 Å². The van der Waals surface area contributed by atoms with Gasteiger partial charge in [-0.25, -0.2) is 13.6 Å². The molecule has 0 saturated carbocycles. The molecule has 1 fully saturated rings. The van der Waals surface area contributed by atoms with Crippen LogP contribution in [0.5, 0.6) is 0 Å². The standard InChI is InChI=1S/C17H20F2N4O/c1-12-9-20-23(10-12)13-7-8-22(11-13)16(24)21-15-6-4-3-5-14(15)17(2,18)19/h3-6,9-10,13H,7-8,11H2,1-2H3,(H,21,24)/t13-/m0/s1. The summed E-state index contributed by atoms with van der Waals surface area (Å²) in [5.41, 5.74) is 1.03. The van der Waals surface area contributed by atoms with E-state index in [-0.39, 0.29) is 23.3 Å². The quantitative estimate of drug-likeness (QED) is 0.928. The number of carbonyl (C=O) groups is 1. The number of hydrogen-bond donors (Lipinski definition) is 1. The molecule has 24 heavy (non-hydrogen) atoms. The Hall–Kier alpha value is -2.44. The van der Waals surface area contributed by atoms with Gasteiger partial charge < -0.3 is 10.2 Å². The molecule has 2 aromatic rings. The number of nitrogens with one attached hydrogen (secondary N) is 1. The van der Waals surface area contributed by atoms with Crippen LogP contribution >= 0.6 is 0 Å². The third-order valence-electron chi connectivity index (χ3n) is 4.20. The van der Waals surface area contributed by atoms with Crippen LogP contribution < -0.4 is 5.32 Å². The lowest BCUT2D eigenvalue weighted by Crippen LogP contribution is -2.34. The van der Waals surface area contributed by atoms with Crippen molar-refractivity contribution >= 4 is 11.7 Å². The van der Waals surface area contributed by atoms with E-state index in [1.54, 1.807) is 17.2 Å². The van der Waals surface area contributed by atoms with E-state index < -0.39 is 5.92 Å². The fourth-order valence-electron chi connectivity index (χ4n) is 2.94. The average Bonchev–Trinajstić information content (AvgIpc) is 3.15. The SMILES string of the molecule is Cc1cnn([C@H]2CCN(C(=O)Nc3ccccc3C(C)(F)F)C2)c1. The van der Waals surface area contributed by atoms with Crippen LogP contribution in [0, 0.1) is 6.92 Å². The molecular formula is C17H20F2N4O. The number of likely N-dealkylation sites (tertiary alicyclic amines) is 1. The normalized spacial score (nSPS) is 18.0. The fraction of sp³-hybridized carbons (Fsp3) is 0.412. The minimum Gasteiger partial charge on any atom is -0.322 e. The molecule has 1 aliphatic rings. The van der Waals surface area contributed by atoms with Crippen LogP contribution in [0.4, 0.5) is 19.3 Å². The maximum Gasteiger partial charge on any atom is 0.321 e. The van der Waals surface area contributed by atoms with E-state index in [0.717, 1.165) is 18.9 Å². The number of nitrogens with zero attached hydrogens (tertiary/aromatic N) is 3. The summed E-state index contributed by atoms with van der Waals surface area (Å²) >= 11 is 0. The fourth-order valence-corrected chi connectivity index (χ4v) is 2.94. The Kier molecular flexibility index (Phi) is 4.26. The van der Waals surface area contributed by atoms with Crippen molar-refractivity contribution in [1.29, 1.82) is 0 Å². The first kappa shape index (κ1) is 16.4. The number of anilines is 1. The van der Waals surface area contributed by atoms with Crippen LogP contribution in [-0.2, 0) is 5.92 Å². The summed E-state index contributed by atoms with van der Waals surface area (Å²) in [6.45, 7) is 3.87. The Labute approximate surface area is 139 Å². The molecular weight excluding hydrogens is 314 g/mol. The number of urea groups is 1. The highest BCUT2D eigenvalue weighted by atomic mass is 19.3. The van der Waals surface area contributed by atoms with Crippen LogP contribution in [0.15, 0.2) is 36.7 Å². The van der Waals surface area contributed by atoms with E-state index in [2.05, 4.69) is 10.4 Å². The summed E-state index contributed by atoms with van der Waals surface area (Å²) in [5.74, 6) is -3.01. The lowest BCUT2D eigenvalue weighted by Gasteiger charge is -2.20. The number of benzene rings is 1. The molecule has 128 valence electrons. The molecule has 1 aromatic heterocycles. The Bertz CT molecular complexity index is 738. The molecule has 3 rings (SSSR count). The van der Waals surface area contributed by atoms with Crippen LogP contribution in [-0.4, -0.2) is 33.8 Å². The van der Waals surface area contributed by atoms with Gasteiger partial charge in [0, 0.05) is 31.8 Å². The highest BCUT2D eigenvalue weighted by molar-refractivity contribution is 5.90. The summed E-state index contributed by atoms with van der Waals surface area (Å²) in [7, 11) is 0. The first-order valence-corrected chi connectivity index (χ1v) is 7.88. The monoisotopic (exact) mass is 334 g/mol. The molecule has 0 unspecified atom stereocenters. The molecule has 1 atom stereocenters. The van der Waals surface area contributed by atoms with E-state index >= 15 is 0 Å². The number of rotatable bonds is 3. The lowest BCUT2D eigenvalue weighted by molar-refractivity contribution is 0.0182. The second-order valence-corrected chi connectivity index (χ2v) is 6.25.